The number of halogens is 5. The van der Waals surface area contributed by atoms with E-state index in [-0.39, 0.29) is 23.5 Å². The predicted octanol–water partition coefficient (Wildman–Crippen LogP) is 6.37. The molecule has 5 rings (SSSR count). The molecule has 0 fully saturated rings. The summed E-state index contributed by atoms with van der Waals surface area (Å²) in [4.78, 5) is 9.90. The molecular formula is C33H25F5FeO3P. The van der Waals surface area contributed by atoms with E-state index in [0.29, 0.717) is 10.6 Å². The topological polar surface area (TPSA) is 57.2 Å². The second-order valence-corrected chi connectivity index (χ2v) is 10.7. The Kier molecular flexibility index (Phi) is 17.6. The molecule has 10 heteroatoms. The van der Waals surface area contributed by atoms with Gasteiger partial charge in [0.2, 0.25) is 29.1 Å². The van der Waals surface area contributed by atoms with Crippen LogP contribution in [0.4, 0.5) is 22.0 Å². The second kappa shape index (κ2) is 20.3. The van der Waals surface area contributed by atoms with Crippen molar-refractivity contribution in [1.29, 1.82) is 0 Å². The van der Waals surface area contributed by atoms with E-state index in [2.05, 4.69) is 6.65 Å². The third kappa shape index (κ3) is 10.8. The molecule has 0 bridgehead atoms. The van der Waals surface area contributed by atoms with Crippen LogP contribution >= 0.6 is 7.92 Å². The summed E-state index contributed by atoms with van der Waals surface area (Å²) in [5, 5.41) is 9.55. The van der Waals surface area contributed by atoms with Gasteiger partial charge in [-0.05, 0) is 29.8 Å². The van der Waals surface area contributed by atoms with Crippen molar-refractivity contribution < 1.29 is 53.6 Å². The number of carbonyl (C=O) groups excluding carboxylic acids is 1. The Balaban J connectivity index is 0.000000402. The molecule has 0 spiro atoms. The number of aliphatic hydroxyl groups excluding tert-OH is 1. The quantitative estimate of drug-likeness (QED) is 0.0502. The number of rotatable bonds is 6. The Morgan fingerprint density at radius 1 is 0.651 bits per heavy atom. The largest absolute Gasteiger partial charge is 0.0767 e. The van der Waals surface area contributed by atoms with Crippen molar-refractivity contribution in [3.8, 4) is 0 Å². The van der Waals surface area contributed by atoms with E-state index in [4.69, 9.17) is 4.65 Å². The van der Waals surface area contributed by atoms with Gasteiger partial charge in [-0.15, -0.1) is 6.42 Å². The third-order valence-electron chi connectivity index (χ3n) is 5.60. The summed E-state index contributed by atoms with van der Waals surface area (Å²) in [6.45, 7) is 4.50. The molecule has 0 saturated heterocycles. The Morgan fingerprint density at radius 3 is 1.37 bits per heavy atom. The van der Waals surface area contributed by atoms with Gasteiger partial charge < -0.3 is 9.90 Å². The Morgan fingerprint density at radius 2 is 1.02 bits per heavy atom. The van der Waals surface area contributed by atoms with Crippen molar-refractivity contribution in [3.63, 3.8) is 0 Å². The summed E-state index contributed by atoms with van der Waals surface area (Å²) in [7, 11) is -2.39. The maximum absolute atomic E-state index is 14.3. The number of aliphatic hydroxyl groups is 1. The van der Waals surface area contributed by atoms with Crippen molar-refractivity contribution >= 4 is 30.1 Å². The summed E-state index contributed by atoms with van der Waals surface area (Å²) in [5.74, 6) is -9.52. The molecule has 3 nitrogen and oxygen atoms in total. The average Bonchev–Trinajstić information content (AvgIpc) is 3.65. The molecule has 0 aliphatic heterocycles. The van der Waals surface area contributed by atoms with Gasteiger partial charge in [0.25, 0.3) is 0 Å². The fourth-order valence-electron chi connectivity index (χ4n) is 3.68. The van der Waals surface area contributed by atoms with Crippen LogP contribution in [0, 0.1) is 42.2 Å². The molecule has 4 aromatic rings. The maximum Gasteiger partial charge on any atom is 0.00506 e. The van der Waals surface area contributed by atoms with E-state index in [1.165, 1.54) is 0 Å². The molecule has 0 heterocycles. The fourth-order valence-corrected chi connectivity index (χ4v) is 6.30. The van der Waals surface area contributed by atoms with E-state index in [1.54, 1.807) is 79.1 Å². The Bertz CT molecular complexity index is 1410. The molecule has 0 amide bonds. The molecule has 1 N–H and O–H groups in total. The SMILES string of the molecule is Fc1c(F)c(F)c([PH+](c2ccccc2)c2ccccc2)c(F)c1F.O=[C-]C[C@H](O)c1ccccc1.[C-]#[O+].[CH]1C=CC=C1.[Fe]. The molecule has 1 atom stereocenters. The number of hydrogen-bond donors (Lipinski definition) is 1. The maximum atomic E-state index is 14.3. The van der Waals surface area contributed by atoms with Crippen LogP contribution in [0.1, 0.15) is 18.1 Å². The molecule has 0 aromatic heterocycles. The summed E-state index contributed by atoms with van der Waals surface area (Å²) in [5.41, 5.74) is 0.760. The molecule has 4 aromatic carbocycles. The molecule has 1 aliphatic carbocycles. The van der Waals surface area contributed by atoms with Crippen molar-refractivity contribution in [1.82, 2.24) is 0 Å². The van der Waals surface area contributed by atoms with Gasteiger partial charge in [-0.25, -0.2) is 13.2 Å². The van der Waals surface area contributed by atoms with Crippen molar-refractivity contribution in [3.05, 3.63) is 163 Å². The number of benzene rings is 4. The molecule has 1 radical (unpaired) electrons. The van der Waals surface area contributed by atoms with E-state index in [0.717, 1.165) is 5.56 Å². The predicted molar refractivity (Wildman–Crippen MR) is 155 cm³/mol. The minimum absolute atomic E-state index is 0. The first-order valence-electron chi connectivity index (χ1n) is 12.3. The molecule has 0 unspecified atom stereocenters. The van der Waals surface area contributed by atoms with Crippen LogP contribution < -0.4 is 15.9 Å². The summed E-state index contributed by atoms with van der Waals surface area (Å²) >= 11 is 0. The van der Waals surface area contributed by atoms with Crippen LogP contribution in [-0.4, -0.2) is 11.4 Å². The fraction of sp³-hybridized carbons (Fsp3) is 0.0606. The zero-order valence-corrected chi connectivity index (χ0v) is 24.4. The summed E-state index contributed by atoms with van der Waals surface area (Å²) < 4.78 is 76.8. The normalized spacial score (nSPS) is 11.5. The van der Waals surface area contributed by atoms with Crippen molar-refractivity contribution in [2.45, 2.75) is 12.5 Å². The number of hydrogen-bond acceptors (Lipinski definition) is 2. The minimum atomic E-state index is -2.39. The molecule has 43 heavy (non-hydrogen) atoms. The first kappa shape index (κ1) is 37.4. The standard InChI is InChI=1S/C18H10F5P.C9H9O2.C5H5.CO.Fe/c19-13-14(20)16(22)18(17(23)15(13)21)24(11-7-3-1-4-8-11)12-9-5-2-6-10-12;10-7-6-9(11)8-4-2-1-3-5-8;1-2-4-5-3-1;1-2;/h1-10H;1-5,9,11H,6H2;1-5H;;/q;-1;;;/p+1/t;9-;;;/m.0.../s1. The monoisotopic (exact) mass is 651 g/mol. The zero-order chi connectivity index (χ0) is 30.9. The van der Waals surface area contributed by atoms with E-state index < -0.39 is 48.4 Å². The van der Waals surface area contributed by atoms with Gasteiger partial charge in [0.05, 0.1) is 6.10 Å². The number of allylic oxidation sites excluding steroid dienone is 4. The Labute approximate surface area is 258 Å². The van der Waals surface area contributed by atoms with E-state index in [9.17, 15) is 31.9 Å². The average molecular weight is 651 g/mol. The minimum Gasteiger partial charge on any atom is -0.0767 e. The van der Waals surface area contributed by atoms with Crippen LogP contribution in [0.15, 0.2) is 115 Å². The third-order valence-corrected chi connectivity index (χ3v) is 8.36. The van der Waals surface area contributed by atoms with Gasteiger partial charge in [0, 0.05) is 23.5 Å². The van der Waals surface area contributed by atoms with Crippen LogP contribution in [0.5, 0.6) is 0 Å². The molecule has 1 aliphatic rings. The first-order valence-corrected chi connectivity index (χ1v) is 13.8. The van der Waals surface area contributed by atoms with Gasteiger partial charge in [0.15, 0.2) is 5.30 Å². The summed E-state index contributed by atoms with van der Waals surface area (Å²) in [6, 6.07) is 25.6. The van der Waals surface area contributed by atoms with E-state index in [1.807, 2.05) is 48.9 Å². The second-order valence-electron chi connectivity index (χ2n) is 8.29. The van der Waals surface area contributed by atoms with Gasteiger partial charge in [-0.2, -0.15) is 8.78 Å². The van der Waals surface area contributed by atoms with Gasteiger partial charge in [-0.3, -0.25) is 6.29 Å². The van der Waals surface area contributed by atoms with Crippen LogP contribution in [0.3, 0.4) is 0 Å². The molecule has 0 saturated carbocycles. The van der Waals surface area contributed by atoms with Gasteiger partial charge in [0.1, 0.15) is 18.5 Å². The van der Waals surface area contributed by atoms with Crippen LogP contribution in [0.25, 0.3) is 0 Å². The Hall–Kier alpha value is -3.67. The van der Waals surface area contributed by atoms with Gasteiger partial charge >= 0.3 is 11.3 Å². The summed E-state index contributed by atoms with van der Waals surface area (Å²) in [6.07, 6.45) is 11.0. The zero-order valence-electron chi connectivity index (χ0n) is 22.3. The first-order chi connectivity index (χ1) is 20.4. The smallest absolute Gasteiger partial charge is 0.00506 e. The molecular weight excluding hydrogens is 626 g/mol. The molecule has 223 valence electrons. The van der Waals surface area contributed by atoms with E-state index >= 15 is 0 Å². The van der Waals surface area contributed by atoms with Crippen LogP contribution in [-0.2, 0) is 26.5 Å². The van der Waals surface area contributed by atoms with Gasteiger partial charge in [-0.1, -0.05) is 91.0 Å². The van der Waals surface area contributed by atoms with Crippen molar-refractivity contribution in [2.24, 2.45) is 0 Å². The van der Waals surface area contributed by atoms with Crippen LogP contribution in [0.2, 0.25) is 0 Å². The van der Waals surface area contributed by atoms with Crippen molar-refractivity contribution in [2.75, 3.05) is 0 Å².